The van der Waals surface area contributed by atoms with Crippen LogP contribution in [0.4, 0.5) is 0 Å². The Morgan fingerprint density at radius 1 is 1.04 bits per heavy atom. The fourth-order valence-electron chi connectivity index (χ4n) is 2.75. The lowest BCUT2D eigenvalue weighted by atomic mass is 10.00. The highest BCUT2D eigenvalue weighted by Gasteiger charge is 2.18. The van der Waals surface area contributed by atoms with Crippen molar-refractivity contribution in [3.63, 3.8) is 0 Å². The lowest BCUT2D eigenvalue weighted by Gasteiger charge is -2.26. The van der Waals surface area contributed by atoms with Crippen molar-refractivity contribution < 1.29 is 14.3 Å². The maximum Gasteiger partial charge on any atom is 0.331 e. The van der Waals surface area contributed by atoms with Gasteiger partial charge in [0.15, 0.2) is 6.61 Å². The van der Waals surface area contributed by atoms with Gasteiger partial charge in [-0.25, -0.2) is 4.79 Å². The Balaban J connectivity index is 1.42. The van der Waals surface area contributed by atoms with Crippen molar-refractivity contribution in [3.8, 4) is 0 Å². The predicted molar refractivity (Wildman–Crippen MR) is 108 cm³/mol. The molecule has 0 saturated carbocycles. The second kappa shape index (κ2) is 9.78. The molecule has 0 radical (unpaired) electrons. The summed E-state index contributed by atoms with van der Waals surface area (Å²) in [6.07, 6.45) is 4.21. The summed E-state index contributed by atoms with van der Waals surface area (Å²) in [4.78, 5) is 26.7. The summed E-state index contributed by atoms with van der Waals surface area (Å²) >= 11 is 1.42. The highest BCUT2D eigenvalue weighted by Crippen LogP contribution is 2.22. The van der Waals surface area contributed by atoms with Crippen LogP contribution in [0.3, 0.4) is 0 Å². The molecular weight excluding hydrogens is 358 g/mol. The van der Waals surface area contributed by atoms with E-state index in [-0.39, 0.29) is 12.5 Å². The maximum absolute atomic E-state index is 12.2. The van der Waals surface area contributed by atoms with Crippen molar-refractivity contribution in [3.05, 3.63) is 83.8 Å². The second-order valence-electron chi connectivity index (χ2n) is 6.03. The number of carbonyl (C=O) groups excluding carboxylic acids is 2. The fourth-order valence-corrected chi connectivity index (χ4v) is 3.40. The van der Waals surface area contributed by atoms with Crippen LogP contribution in [0.15, 0.2) is 83.1 Å². The molecule has 1 amide bonds. The van der Waals surface area contributed by atoms with Gasteiger partial charge in [0.05, 0.1) is 0 Å². The molecule has 2 aromatic rings. The normalized spacial score (nSPS) is 14.1. The number of esters is 1. The Morgan fingerprint density at radius 3 is 2.41 bits per heavy atom. The molecule has 0 unspecified atom stereocenters. The Labute approximate surface area is 163 Å². The van der Waals surface area contributed by atoms with E-state index in [0.29, 0.717) is 13.1 Å². The summed E-state index contributed by atoms with van der Waals surface area (Å²) in [6, 6.07) is 19.9. The zero-order chi connectivity index (χ0) is 18.9. The van der Waals surface area contributed by atoms with Crippen LogP contribution in [0.1, 0.15) is 12.0 Å². The van der Waals surface area contributed by atoms with Gasteiger partial charge in [0.2, 0.25) is 0 Å². The van der Waals surface area contributed by atoms with Crippen LogP contribution in [0.2, 0.25) is 0 Å². The largest absolute Gasteiger partial charge is 0.452 e. The van der Waals surface area contributed by atoms with Gasteiger partial charge in [-0.05, 0) is 35.1 Å². The van der Waals surface area contributed by atoms with E-state index in [2.05, 4.69) is 18.2 Å². The van der Waals surface area contributed by atoms with Crippen molar-refractivity contribution in [1.82, 2.24) is 4.90 Å². The fraction of sp³-hybridized carbons (Fsp3) is 0.182. The van der Waals surface area contributed by atoms with Gasteiger partial charge in [-0.1, -0.05) is 66.4 Å². The molecule has 27 heavy (non-hydrogen) atoms. The van der Waals surface area contributed by atoms with E-state index in [1.54, 1.807) is 10.3 Å². The average Bonchev–Trinajstić information content (AvgIpc) is 2.73. The summed E-state index contributed by atoms with van der Waals surface area (Å²) in [6.45, 7) is 0.949. The highest BCUT2D eigenvalue weighted by molar-refractivity contribution is 8.02. The molecule has 0 saturated heterocycles. The van der Waals surface area contributed by atoms with E-state index < -0.39 is 5.97 Å². The lowest BCUT2D eigenvalue weighted by Crippen LogP contribution is -2.37. The van der Waals surface area contributed by atoms with Crippen molar-refractivity contribution in [2.75, 3.05) is 19.7 Å². The number of carbonyl (C=O) groups is 2. The zero-order valence-electron chi connectivity index (χ0n) is 14.9. The number of amides is 1. The zero-order valence-corrected chi connectivity index (χ0v) is 15.7. The SMILES string of the molecule is O=C(/C=C/Sc1ccccc1)OCC(=O)N1CC=C(c2ccccc2)CC1. The van der Waals surface area contributed by atoms with E-state index >= 15 is 0 Å². The summed E-state index contributed by atoms with van der Waals surface area (Å²) < 4.78 is 5.06. The van der Waals surface area contributed by atoms with Gasteiger partial charge in [0, 0.05) is 24.1 Å². The third-order valence-electron chi connectivity index (χ3n) is 4.20. The molecule has 0 atom stereocenters. The molecule has 0 spiro atoms. The predicted octanol–water partition coefficient (Wildman–Crippen LogP) is 4.15. The van der Waals surface area contributed by atoms with Crippen molar-refractivity contribution in [2.24, 2.45) is 0 Å². The molecular formula is C22H21NO3S. The van der Waals surface area contributed by atoms with Crippen LogP contribution in [0.5, 0.6) is 0 Å². The standard InChI is InChI=1S/C22H21NO3S/c24-21(17-26-22(25)13-16-27-20-9-5-2-6-10-20)23-14-11-19(12-15-23)18-7-3-1-4-8-18/h1-11,13,16H,12,14-15,17H2/b16-13+. The number of benzene rings is 2. The van der Waals surface area contributed by atoms with Crippen LogP contribution < -0.4 is 0 Å². The quantitative estimate of drug-likeness (QED) is 0.430. The number of hydrogen-bond acceptors (Lipinski definition) is 4. The van der Waals surface area contributed by atoms with Crippen LogP contribution in [-0.2, 0) is 14.3 Å². The number of ether oxygens (including phenoxy) is 1. The minimum Gasteiger partial charge on any atom is -0.452 e. The molecule has 5 heteroatoms. The minimum atomic E-state index is -0.510. The van der Waals surface area contributed by atoms with E-state index in [1.807, 2.05) is 48.5 Å². The van der Waals surface area contributed by atoms with Crippen LogP contribution in [-0.4, -0.2) is 36.5 Å². The number of hydrogen-bond donors (Lipinski definition) is 0. The Kier molecular flexibility index (Phi) is 6.88. The monoisotopic (exact) mass is 379 g/mol. The van der Waals surface area contributed by atoms with E-state index in [0.717, 1.165) is 11.3 Å². The van der Waals surface area contributed by atoms with Crippen LogP contribution in [0.25, 0.3) is 5.57 Å². The molecule has 138 valence electrons. The first-order valence-electron chi connectivity index (χ1n) is 8.79. The minimum absolute atomic E-state index is 0.171. The molecule has 1 heterocycles. The topological polar surface area (TPSA) is 46.6 Å². The van der Waals surface area contributed by atoms with Gasteiger partial charge in [0.25, 0.3) is 5.91 Å². The van der Waals surface area contributed by atoms with Gasteiger partial charge in [-0.2, -0.15) is 0 Å². The number of nitrogens with zero attached hydrogens (tertiary/aromatic N) is 1. The molecule has 4 nitrogen and oxygen atoms in total. The summed E-state index contributed by atoms with van der Waals surface area (Å²) in [5.41, 5.74) is 2.44. The molecule has 0 bridgehead atoms. The number of rotatable bonds is 6. The second-order valence-corrected chi connectivity index (χ2v) is 7.01. The average molecular weight is 379 g/mol. The first-order valence-corrected chi connectivity index (χ1v) is 9.67. The van der Waals surface area contributed by atoms with Crippen molar-refractivity contribution in [1.29, 1.82) is 0 Å². The van der Waals surface area contributed by atoms with Crippen molar-refractivity contribution >= 4 is 29.2 Å². The van der Waals surface area contributed by atoms with E-state index in [1.165, 1.54) is 29.0 Å². The molecule has 0 aromatic heterocycles. The van der Waals surface area contributed by atoms with Gasteiger partial charge < -0.3 is 9.64 Å². The maximum atomic E-state index is 12.2. The highest BCUT2D eigenvalue weighted by atomic mass is 32.2. The van der Waals surface area contributed by atoms with Crippen molar-refractivity contribution in [2.45, 2.75) is 11.3 Å². The Bertz CT molecular complexity index is 831. The van der Waals surface area contributed by atoms with Gasteiger partial charge in [-0.3, -0.25) is 4.79 Å². The molecule has 0 fully saturated rings. The van der Waals surface area contributed by atoms with Crippen LogP contribution >= 0.6 is 11.8 Å². The van der Waals surface area contributed by atoms with Gasteiger partial charge >= 0.3 is 5.97 Å². The molecule has 0 N–H and O–H groups in total. The summed E-state index contributed by atoms with van der Waals surface area (Å²) in [5.74, 6) is -0.680. The molecule has 1 aliphatic rings. The Morgan fingerprint density at radius 2 is 1.74 bits per heavy atom. The number of thioether (sulfide) groups is 1. The van der Waals surface area contributed by atoms with Crippen LogP contribution in [0, 0.1) is 0 Å². The van der Waals surface area contributed by atoms with Gasteiger partial charge in [0.1, 0.15) is 0 Å². The molecule has 0 aliphatic carbocycles. The molecule has 3 rings (SSSR count). The first-order chi connectivity index (χ1) is 13.2. The third kappa shape index (κ3) is 5.86. The lowest BCUT2D eigenvalue weighted by molar-refractivity contribution is -0.148. The summed E-state index contributed by atoms with van der Waals surface area (Å²) in [5, 5.41) is 1.66. The Hall–Kier alpha value is -2.79. The van der Waals surface area contributed by atoms with E-state index in [4.69, 9.17) is 4.74 Å². The smallest absolute Gasteiger partial charge is 0.331 e. The molecule has 1 aliphatic heterocycles. The van der Waals surface area contributed by atoms with Gasteiger partial charge in [-0.15, -0.1) is 0 Å². The summed E-state index contributed by atoms with van der Waals surface area (Å²) in [7, 11) is 0. The third-order valence-corrected chi connectivity index (χ3v) is 5.01. The first kappa shape index (κ1) is 19.0. The van der Waals surface area contributed by atoms with E-state index in [9.17, 15) is 9.59 Å². The molecule has 2 aromatic carbocycles.